The molecule has 1 aromatic rings. The Kier molecular flexibility index (Phi) is 3.16. The molecule has 12 heavy (non-hydrogen) atoms. The lowest BCUT2D eigenvalue weighted by Gasteiger charge is -2.08. The fourth-order valence-corrected chi connectivity index (χ4v) is 1.70. The van der Waals surface area contributed by atoms with Crippen molar-refractivity contribution in [2.75, 3.05) is 0 Å². The van der Waals surface area contributed by atoms with Gasteiger partial charge >= 0.3 is 0 Å². The summed E-state index contributed by atoms with van der Waals surface area (Å²) >= 11 is 6.18. The highest BCUT2D eigenvalue weighted by Gasteiger charge is 2.04. The maximum atomic E-state index is 6.18. The van der Waals surface area contributed by atoms with E-state index in [4.69, 9.17) is 11.6 Å². The molecule has 1 heteroatoms. The van der Waals surface area contributed by atoms with Crippen LogP contribution in [0.5, 0.6) is 0 Å². The van der Waals surface area contributed by atoms with Crippen LogP contribution >= 0.6 is 11.6 Å². The molecule has 0 saturated carbocycles. The molecule has 0 aliphatic heterocycles. The van der Waals surface area contributed by atoms with Crippen LogP contribution in [0.3, 0.4) is 0 Å². The van der Waals surface area contributed by atoms with E-state index in [2.05, 4.69) is 32.9 Å². The molecule has 0 spiro atoms. The number of aryl methyl sites for hydroxylation is 2. The molecular formula is C11H15Cl. The first kappa shape index (κ1) is 9.60. The molecule has 0 bridgehead atoms. The molecule has 0 nitrogen and oxygen atoms in total. The zero-order chi connectivity index (χ0) is 9.14. The molecule has 0 unspecified atom stereocenters. The van der Waals surface area contributed by atoms with Crippen molar-refractivity contribution in [3.8, 4) is 0 Å². The van der Waals surface area contributed by atoms with Crippen LogP contribution in [0, 0.1) is 13.8 Å². The fraction of sp³-hybridized carbons (Fsp3) is 0.455. The van der Waals surface area contributed by atoms with E-state index in [0.717, 1.165) is 17.9 Å². The second-order valence-corrected chi connectivity index (χ2v) is 3.62. The highest BCUT2D eigenvalue weighted by atomic mass is 35.5. The molecule has 66 valence electrons. The lowest BCUT2D eigenvalue weighted by Crippen LogP contribution is -1.91. The van der Waals surface area contributed by atoms with Gasteiger partial charge in [-0.05, 0) is 37.0 Å². The summed E-state index contributed by atoms with van der Waals surface area (Å²) in [5.41, 5.74) is 3.82. The van der Waals surface area contributed by atoms with E-state index in [-0.39, 0.29) is 0 Å². The average Bonchev–Trinajstić information content (AvgIpc) is 2.06. The van der Waals surface area contributed by atoms with Crippen molar-refractivity contribution in [2.24, 2.45) is 0 Å². The zero-order valence-electron chi connectivity index (χ0n) is 7.95. The Hall–Kier alpha value is -0.490. The molecule has 0 amide bonds. The number of halogens is 1. The molecule has 0 aromatic heterocycles. The molecule has 0 aliphatic carbocycles. The summed E-state index contributed by atoms with van der Waals surface area (Å²) in [6.45, 7) is 6.36. The van der Waals surface area contributed by atoms with E-state index < -0.39 is 0 Å². The monoisotopic (exact) mass is 182 g/mol. The molecule has 0 heterocycles. The Morgan fingerprint density at radius 1 is 1.17 bits per heavy atom. The van der Waals surface area contributed by atoms with E-state index in [9.17, 15) is 0 Å². The molecule has 0 fully saturated rings. The normalized spacial score (nSPS) is 10.3. The third kappa shape index (κ3) is 1.81. The van der Waals surface area contributed by atoms with Gasteiger partial charge in [-0.3, -0.25) is 0 Å². The van der Waals surface area contributed by atoms with Gasteiger partial charge in [-0.25, -0.2) is 0 Å². The minimum atomic E-state index is 0.955. The SMILES string of the molecule is CCCc1c(C)ccc(C)c1Cl. The highest BCUT2D eigenvalue weighted by molar-refractivity contribution is 6.32. The van der Waals surface area contributed by atoms with Crippen LogP contribution in [0.1, 0.15) is 30.0 Å². The summed E-state index contributed by atoms with van der Waals surface area (Å²) < 4.78 is 0. The fourth-order valence-electron chi connectivity index (χ4n) is 1.39. The Morgan fingerprint density at radius 3 is 2.33 bits per heavy atom. The third-order valence-electron chi connectivity index (χ3n) is 2.17. The molecule has 0 aliphatic rings. The van der Waals surface area contributed by atoms with E-state index in [1.165, 1.54) is 16.7 Å². The van der Waals surface area contributed by atoms with Crippen molar-refractivity contribution >= 4 is 11.6 Å². The number of rotatable bonds is 2. The first-order valence-electron chi connectivity index (χ1n) is 4.41. The first-order valence-corrected chi connectivity index (χ1v) is 4.79. The van der Waals surface area contributed by atoms with Crippen molar-refractivity contribution < 1.29 is 0 Å². The lowest BCUT2D eigenvalue weighted by atomic mass is 10.0. The van der Waals surface area contributed by atoms with Gasteiger partial charge in [0.15, 0.2) is 0 Å². The smallest absolute Gasteiger partial charge is 0.0469 e. The van der Waals surface area contributed by atoms with Gasteiger partial charge in [0.05, 0.1) is 0 Å². The zero-order valence-corrected chi connectivity index (χ0v) is 8.70. The van der Waals surface area contributed by atoms with Crippen LogP contribution in [0.15, 0.2) is 12.1 Å². The second-order valence-electron chi connectivity index (χ2n) is 3.24. The molecular weight excluding hydrogens is 168 g/mol. The van der Waals surface area contributed by atoms with Gasteiger partial charge in [0.2, 0.25) is 0 Å². The molecule has 1 aromatic carbocycles. The van der Waals surface area contributed by atoms with Crippen LogP contribution in [0.2, 0.25) is 5.02 Å². The van der Waals surface area contributed by atoms with E-state index in [0.29, 0.717) is 0 Å². The largest absolute Gasteiger partial charge is 0.0837 e. The Bertz CT molecular complexity index is 277. The van der Waals surface area contributed by atoms with Crippen molar-refractivity contribution in [3.05, 3.63) is 33.8 Å². The van der Waals surface area contributed by atoms with Crippen LogP contribution in [-0.4, -0.2) is 0 Å². The van der Waals surface area contributed by atoms with Crippen molar-refractivity contribution in [1.29, 1.82) is 0 Å². The minimum absolute atomic E-state index is 0.955. The average molecular weight is 183 g/mol. The van der Waals surface area contributed by atoms with Gasteiger partial charge in [0.1, 0.15) is 0 Å². The Morgan fingerprint density at radius 2 is 1.75 bits per heavy atom. The van der Waals surface area contributed by atoms with Gasteiger partial charge in [-0.2, -0.15) is 0 Å². The highest BCUT2D eigenvalue weighted by Crippen LogP contribution is 2.24. The topological polar surface area (TPSA) is 0 Å². The predicted molar refractivity (Wildman–Crippen MR) is 54.9 cm³/mol. The molecule has 0 saturated heterocycles. The van der Waals surface area contributed by atoms with Gasteiger partial charge in [0.25, 0.3) is 0 Å². The summed E-state index contributed by atoms with van der Waals surface area (Å²) in [5, 5.41) is 0.955. The second kappa shape index (κ2) is 3.95. The number of hydrogen-bond acceptors (Lipinski definition) is 0. The van der Waals surface area contributed by atoms with Crippen molar-refractivity contribution in [3.63, 3.8) is 0 Å². The van der Waals surface area contributed by atoms with Crippen molar-refractivity contribution in [2.45, 2.75) is 33.6 Å². The Labute approximate surface area is 79.6 Å². The van der Waals surface area contributed by atoms with Crippen LogP contribution in [0.25, 0.3) is 0 Å². The summed E-state index contributed by atoms with van der Waals surface area (Å²) in [7, 11) is 0. The molecule has 0 atom stereocenters. The van der Waals surface area contributed by atoms with E-state index in [1.54, 1.807) is 0 Å². The summed E-state index contributed by atoms with van der Waals surface area (Å²) in [4.78, 5) is 0. The van der Waals surface area contributed by atoms with Crippen LogP contribution in [0.4, 0.5) is 0 Å². The van der Waals surface area contributed by atoms with Gasteiger partial charge < -0.3 is 0 Å². The van der Waals surface area contributed by atoms with Gasteiger partial charge in [0, 0.05) is 5.02 Å². The number of hydrogen-bond donors (Lipinski definition) is 0. The van der Waals surface area contributed by atoms with Gasteiger partial charge in [-0.15, -0.1) is 0 Å². The molecule has 0 N–H and O–H groups in total. The van der Waals surface area contributed by atoms with E-state index in [1.807, 2.05) is 0 Å². The summed E-state index contributed by atoms with van der Waals surface area (Å²) in [6.07, 6.45) is 2.25. The van der Waals surface area contributed by atoms with Gasteiger partial charge in [-0.1, -0.05) is 37.1 Å². The van der Waals surface area contributed by atoms with E-state index >= 15 is 0 Å². The molecule has 0 radical (unpaired) electrons. The molecule has 1 rings (SSSR count). The quantitative estimate of drug-likeness (QED) is 0.651. The van der Waals surface area contributed by atoms with Crippen molar-refractivity contribution in [1.82, 2.24) is 0 Å². The Balaban J connectivity index is 3.14. The van der Waals surface area contributed by atoms with Crippen LogP contribution < -0.4 is 0 Å². The predicted octanol–water partition coefficient (Wildman–Crippen LogP) is 3.91. The maximum absolute atomic E-state index is 6.18. The minimum Gasteiger partial charge on any atom is -0.0837 e. The summed E-state index contributed by atoms with van der Waals surface area (Å²) in [5.74, 6) is 0. The standard InChI is InChI=1S/C11H15Cl/c1-4-5-10-8(2)6-7-9(3)11(10)12/h6-7H,4-5H2,1-3H3. The third-order valence-corrected chi connectivity index (χ3v) is 2.70. The maximum Gasteiger partial charge on any atom is 0.0469 e. The summed E-state index contributed by atoms with van der Waals surface area (Å²) in [6, 6.07) is 4.23. The van der Waals surface area contributed by atoms with Crippen LogP contribution in [-0.2, 0) is 6.42 Å². The number of benzene rings is 1. The first-order chi connectivity index (χ1) is 5.66. The lowest BCUT2D eigenvalue weighted by molar-refractivity contribution is 0.911.